The molecule has 0 aliphatic rings. The van der Waals surface area contributed by atoms with E-state index in [-0.39, 0.29) is 6.00 Å². The van der Waals surface area contributed by atoms with Crippen molar-refractivity contribution in [1.82, 2.24) is 4.90 Å². The molecule has 2 nitrogen and oxygen atoms in total. The minimum absolute atomic E-state index is 0.260. The molecule has 0 N–H and O–H groups in total. The Morgan fingerprint density at radius 1 is 1.31 bits per heavy atom. The van der Waals surface area contributed by atoms with Crippen LogP contribution in [-0.4, -0.2) is 23.9 Å². The molecular weight excluding hydrogens is 186 g/mol. The van der Waals surface area contributed by atoms with Gasteiger partial charge in [0.2, 0.25) is 6.41 Å². The van der Waals surface area contributed by atoms with Crippen LogP contribution in [-0.2, 0) is 11.2 Å². The molecule has 0 aliphatic carbocycles. The number of hydrogen-bond acceptors (Lipinski definition) is 1. The Hall–Kier alpha value is -1.02. The van der Waals surface area contributed by atoms with Gasteiger partial charge in [-0.1, -0.05) is 30.3 Å². The Kier molecular flexibility index (Phi) is 4.33. The topological polar surface area (TPSA) is 20.3 Å². The van der Waals surface area contributed by atoms with Gasteiger partial charge < -0.3 is 4.90 Å². The van der Waals surface area contributed by atoms with Crippen LogP contribution in [0.5, 0.6) is 0 Å². The summed E-state index contributed by atoms with van der Waals surface area (Å²) < 4.78 is 0. The number of alkyl halides is 1. The molecule has 70 valence electrons. The summed E-state index contributed by atoms with van der Waals surface area (Å²) in [5, 5.41) is 0. The van der Waals surface area contributed by atoms with Crippen LogP contribution in [0.3, 0.4) is 0 Å². The molecule has 1 rings (SSSR count). The number of nitrogens with zero attached hydrogens (tertiary/aromatic N) is 1. The van der Waals surface area contributed by atoms with Crippen LogP contribution in [0.1, 0.15) is 5.56 Å². The van der Waals surface area contributed by atoms with Crippen molar-refractivity contribution in [2.24, 2.45) is 0 Å². The summed E-state index contributed by atoms with van der Waals surface area (Å²) in [7, 11) is 0. The maximum absolute atomic E-state index is 10.4. The molecule has 0 saturated carbocycles. The van der Waals surface area contributed by atoms with E-state index < -0.39 is 0 Å². The quantitative estimate of drug-likeness (QED) is 0.401. The monoisotopic (exact) mass is 197 g/mol. The second-order valence-electron chi connectivity index (χ2n) is 2.77. The molecule has 0 fully saturated rings. The normalized spacial score (nSPS) is 9.62. The first-order valence-corrected chi connectivity index (χ1v) is 4.69. The van der Waals surface area contributed by atoms with Gasteiger partial charge in [0.25, 0.3) is 0 Å². The zero-order valence-corrected chi connectivity index (χ0v) is 8.07. The largest absolute Gasteiger partial charge is 0.331 e. The standard InChI is InChI=1S/C10H12ClNO/c11-8-12(9-13)7-6-10-4-2-1-3-5-10/h1-5,9H,6-8H2. The molecule has 0 saturated heterocycles. The van der Waals surface area contributed by atoms with Crippen molar-refractivity contribution >= 4 is 18.0 Å². The summed E-state index contributed by atoms with van der Waals surface area (Å²) in [4.78, 5) is 11.9. The van der Waals surface area contributed by atoms with E-state index in [0.29, 0.717) is 6.54 Å². The fourth-order valence-electron chi connectivity index (χ4n) is 1.06. The average Bonchev–Trinajstić information content (AvgIpc) is 2.21. The first kappa shape index (κ1) is 10.1. The lowest BCUT2D eigenvalue weighted by atomic mass is 10.1. The number of hydrogen-bond donors (Lipinski definition) is 0. The number of carbonyl (C=O) groups excluding carboxylic acids is 1. The highest BCUT2D eigenvalue weighted by Gasteiger charge is 1.98. The number of benzene rings is 1. The second kappa shape index (κ2) is 5.60. The first-order valence-electron chi connectivity index (χ1n) is 4.16. The van der Waals surface area contributed by atoms with Crippen molar-refractivity contribution in [2.45, 2.75) is 6.42 Å². The van der Waals surface area contributed by atoms with Gasteiger partial charge in [-0.05, 0) is 12.0 Å². The molecule has 13 heavy (non-hydrogen) atoms. The van der Waals surface area contributed by atoms with E-state index in [4.69, 9.17) is 11.6 Å². The van der Waals surface area contributed by atoms with E-state index >= 15 is 0 Å². The molecule has 0 unspecified atom stereocenters. The summed E-state index contributed by atoms with van der Waals surface area (Å²) in [6.45, 7) is 0.678. The van der Waals surface area contributed by atoms with Gasteiger partial charge in [0.05, 0.1) is 6.00 Å². The third-order valence-corrected chi connectivity index (χ3v) is 2.14. The summed E-state index contributed by atoms with van der Waals surface area (Å²) in [5.74, 6) is 0. The summed E-state index contributed by atoms with van der Waals surface area (Å²) in [6.07, 6.45) is 1.63. The highest BCUT2D eigenvalue weighted by molar-refractivity contribution is 6.18. The average molecular weight is 198 g/mol. The zero-order chi connectivity index (χ0) is 9.52. The predicted octanol–water partition coefficient (Wildman–Crippen LogP) is 1.88. The first-order chi connectivity index (χ1) is 6.36. The molecule has 3 heteroatoms. The van der Waals surface area contributed by atoms with E-state index in [9.17, 15) is 4.79 Å². The fourth-order valence-corrected chi connectivity index (χ4v) is 1.23. The van der Waals surface area contributed by atoms with Crippen molar-refractivity contribution in [1.29, 1.82) is 0 Å². The smallest absolute Gasteiger partial charge is 0.210 e. The molecule has 0 radical (unpaired) electrons. The number of amides is 1. The van der Waals surface area contributed by atoms with E-state index in [0.717, 1.165) is 12.8 Å². The van der Waals surface area contributed by atoms with E-state index in [2.05, 4.69) is 0 Å². The highest BCUT2D eigenvalue weighted by atomic mass is 35.5. The van der Waals surface area contributed by atoms with Crippen LogP contribution in [0.15, 0.2) is 30.3 Å². The maximum Gasteiger partial charge on any atom is 0.210 e. The molecular formula is C10H12ClNO. The van der Waals surface area contributed by atoms with Gasteiger partial charge in [0.15, 0.2) is 0 Å². The van der Waals surface area contributed by atoms with Gasteiger partial charge in [0.1, 0.15) is 0 Å². The van der Waals surface area contributed by atoms with Crippen LogP contribution in [0.4, 0.5) is 0 Å². The summed E-state index contributed by atoms with van der Waals surface area (Å²) in [6, 6.07) is 10.3. The third-order valence-electron chi connectivity index (χ3n) is 1.83. The Morgan fingerprint density at radius 3 is 2.54 bits per heavy atom. The SMILES string of the molecule is O=CN(CCl)CCc1ccccc1. The van der Waals surface area contributed by atoms with Crippen LogP contribution < -0.4 is 0 Å². The van der Waals surface area contributed by atoms with Gasteiger partial charge in [-0.25, -0.2) is 0 Å². The van der Waals surface area contributed by atoms with Crippen molar-refractivity contribution in [3.05, 3.63) is 35.9 Å². The fraction of sp³-hybridized carbons (Fsp3) is 0.300. The second-order valence-corrected chi connectivity index (χ2v) is 3.01. The number of carbonyl (C=O) groups is 1. The van der Waals surface area contributed by atoms with Crippen LogP contribution >= 0.6 is 11.6 Å². The molecule has 1 aromatic carbocycles. The summed E-state index contributed by atoms with van der Waals surface area (Å²) in [5.41, 5.74) is 1.22. The van der Waals surface area contributed by atoms with Gasteiger partial charge in [0, 0.05) is 6.54 Å². The van der Waals surface area contributed by atoms with Crippen LogP contribution in [0.2, 0.25) is 0 Å². The van der Waals surface area contributed by atoms with E-state index in [1.807, 2.05) is 30.3 Å². The minimum atomic E-state index is 0.260. The lowest BCUT2D eigenvalue weighted by Gasteiger charge is -2.12. The van der Waals surface area contributed by atoms with Crippen molar-refractivity contribution in [3.63, 3.8) is 0 Å². The maximum atomic E-state index is 10.4. The molecule has 0 aromatic heterocycles. The van der Waals surface area contributed by atoms with Crippen molar-refractivity contribution in [2.75, 3.05) is 12.5 Å². The van der Waals surface area contributed by atoms with Crippen LogP contribution in [0.25, 0.3) is 0 Å². The van der Waals surface area contributed by atoms with Crippen molar-refractivity contribution < 1.29 is 4.79 Å². The van der Waals surface area contributed by atoms with E-state index in [1.165, 1.54) is 10.5 Å². The predicted molar refractivity (Wildman–Crippen MR) is 53.6 cm³/mol. The Balaban J connectivity index is 2.38. The Morgan fingerprint density at radius 2 is 2.00 bits per heavy atom. The van der Waals surface area contributed by atoms with Crippen LogP contribution in [0, 0.1) is 0 Å². The Bertz CT molecular complexity index is 250. The molecule has 0 heterocycles. The zero-order valence-electron chi connectivity index (χ0n) is 7.32. The van der Waals surface area contributed by atoms with Gasteiger partial charge in [-0.15, -0.1) is 11.6 Å². The lowest BCUT2D eigenvalue weighted by Crippen LogP contribution is -2.22. The van der Waals surface area contributed by atoms with Gasteiger partial charge >= 0.3 is 0 Å². The van der Waals surface area contributed by atoms with Gasteiger partial charge in [-0.3, -0.25) is 4.79 Å². The Labute approximate surface area is 83.1 Å². The molecule has 0 atom stereocenters. The molecule has 0 spiro atoms. The number of halogens is 1. The molecule has 1 aromatic rings. The molecule has 0 aliphatic heterocycles. The third kappa shape index (κ3) is 3.47. The molecule has 0 bridgehead atoms. The van der Waals surface area contributed by atoms with Crippen molar-refractivity contribution in [3.8, 4) is 0 Å². The molecule has 1 amide bonds. The number of rotatable bonds is 5. The summed E-state index contributed by atoms with van der Waals surface area (Å²) >= 11 is 5.53. The van der Waals surface area contributed by atoms with Gasteiger partial charge in [-0.2, -0.15) is 0 Å². The lowest BCUT2D eigenvalue weighted by molar-refractivity contribution is -0.117. The highest BCUT2D eigenvalue weighted by Crippen LogP contribution is 2.00. The minimum Gasteiger partial charge on any atom is -0.331 e. The van der Waals surface area contributed by atoms with E-state index in [1.54, 1.807) is 0 Å².